The minimum absolute atomic E-state index is 0.285. The van der Waals surface area contributed by atoms with Crippen molar-refractivity contribution in [1.29, 1.82) is 0 Å². The van der Waals surface area contributed by atoms with Gasteiger partial charge < -0.3 is 4.90 Å². The summed E-state index contributed by atoms with van der Waals surface area (Å²) in [6.45, 7) is 1.03. The van der Waals surface area contributed by atoms with Gasteiger partial charge in [0.05, 0.1) is 5.52 Å². The summed E-state index contributed by atoms with van der Waals surface area (Å²) in [5.74, 6) is 5.67. The third kappa shape index (κ3) is 3.73. The number of rotatable bonds is 6. The largest absolute Gasteiger partial charge is 0.309 e. The Bertz CT molecular complexity index is 519. The summed E-state index contributed by atoms with van der Waals surface area (Å²) in [5, 5.41) is 1.22. The fourth-order valence-electron chi connectivity index (χ4n) is 2.26. The molecule has 0 aliphatic rings. The van der Waals surface area contributed by atoms with Gasteiger partial charge in [-0.05, 0) is 51.2 Å². The Hall–Kier alpha value is -1.49. The van der Waals surface area contributed by atoms with Crippen LogP contribution in [0.15, 0.2) is 36.5 Å². The summed E-state index contributed by atoms with van der Waals surface area (Å²) in [6.07, 6.45) is 3.82. The van der Waals surface area contributed by atoms with Gasteiger partial charge in [0.1, 0.15) is 0 Å². The van der Waals surface area contributed by atoms with E-state index in [0.29, 0.717) is 0 Å². The number of benzene rings is 1. The van der Waals surface area contributed by atoms with Crippen molar-refractivity contribution in [2.24, 2.45) is 5.84 Å². The number of nitrogens with two attached hydrogens (primary N) is 1. The van der Waals surface area contributed by atoms with Crippen LogP contribution < -0.4 is 11.3 Å². The second-order valence-electron chi connectivity index (χ2n) is 5.15. The van der Waals surface area contributed by atoms with Crippen molar-refractivity contribution in [3.63, 3.8) is 0 Å². The van der Waals surface area contributed by atoms with Crippen LogP contribution >= 0.6 is 0 Å². The lowest BCUT2D eigenvalue weighted by atomic mass is 10.0. The Morgan fingerprint density at radius 1 is 1.26 bits per heavy atom. The average Bonchev–Trinajstić information content (AvgIpc) is 2.43. The van der Waals surface area contributed by atoms with Gasteiger partial charge in [-0.25, -0.2) is 0 Å². The van der Waals surface area contributed by atoms with E-state index < -0.39 is 0 Å². The molecule has 1 heterocycles. The van der Waals surface area contributed by atoms with Crippen molar-refractivity contribution in [3.05, 3.63) is 42.1 Å². The van der Waals surface area contributed by atoms with E-state index in [-0.39, 0.29) is 6.04 Å². The Morgan fingerprint density at radius 3 is 2.79 bits per heavy atom. The topological polar surface area (TPSA) is 54.2 Å². The van der Waals surface area contributed by atoms with E-state index in [1.165, 1.54) is 10.9 Å². The van der Waals surface area contributed by atoms with Gasteiger partial charge in [0, 0.05) is 17.6 Å². The highest BCUT2D eigenvalue weighted by atomic mass is 15.2. The third-order valence-electron chi connectivity index (χ3n) is 3.37. The first kappa shape index (κ1) is 13.9. The predicted molar refractivity (Wildman–Crippen MR) is 79.7 cm³/mol. The predicted octanol–water partition coefficient (Wildman–Crippen LogP) is 1.56. The van der Waals surface area contributed by atoms with Crippen molar-refractivity contribution >= 4 is 10.9 Å². The highest BCUT2D eigenvalue weighted by Crippen LogP contribution is 2.18. The molecule has 0 amide bonds. The average molecular weight is 258 g/mol. The van der Waals surface area contributed by atoms with Crippen LogP contribution in [0.5, 0.6) is 0 Å². The zero-order valence-electron chi connectivity index (χ0n) is 11.6. The number of hydrogen-bond acceptors (Lipinski definition) is 4. The summed E-state index contributed by atoms with van der Waals surface area (Å²) < 4.78 is 0. The fourth-order valence-corrected chi connectivity index (χ4v) is 2.26. The Labute approximate surface area is 114 Å². The number of pyridine rings is 1. The minimum atomic E-state index is 0.285. The van der Waals surface area contributed by atoms with Crippen LogP contribution in [0.3, 0.4) is 0 Å². The van der Waals surface area contributed by atoms with Crippen molar-refractivity contribution < 1.29 is 0 Å². The SMILES string of the molecule is CN(C)CCC(Cc1ccnc2ccccc12)NN. The van der Waals surface area contributed by atoms with Gasteiger partial charge in [0.2, 0.25) is 0 Å². The number of aromatic nitrogens is 1. The van der Waals surface area contributed by atoms with E-state index in [2.05, 4.69) is 47.6 Å². The first-order valence-corrected chi connectivity index (χ1v) is 6.64. The lowest BCUT2D eigenvalue weighted by Gasteiger charge is -2.19. The van der Waals surface area contributed by atoms with Crippen molar-refractivity contribution in [2.45, 2.75) is 18.9 Å². The molecule has 0 aliphatic carbocycles. The summed E-state index contributed by atoms with van der Waals surface area (Å²) in [6, 6.07) is 10.6. The minimum Gasteiger partial charge on any atom is -0.309 e. The molecule has 2 aromatic rings. The van der Waals surface area contributed by atoms with Gasteiger partial charge in [0.15, 0.2) is 0 Å². The maximum absolute atomic E-state index is 5.67. The van der Waals surface area contributed by atoms with Gasteiger partial charge >= 0.3 is 0 Å². The van der Waals surface area contributed by atoms with Gasteiger partial charge in [-0.15, -0.1) is 0 Å². The smallest absolute Gasteiger partial charge is 0.0704 e. The molecule has 0 fully saturated rings. The molecule has 1 unspecified atom stereocenters. The standard InChI is InChI=1S/C15H22N4/c1-19(2)10-8-13(18-16)11-12-7-9-17-15-6-4-3-5-14(12)15/h3-7,9,13,18H,8,10-11,16H2,1-2H3. The van der Waals surface area contributed by atoms with Crippen LogP contribution in [-0.2, 0) is 6.42 Å². The summed E-state index contributed by atoms with van der Waals surface area (Å²) in [5.41, 5.74) is 5.27. The number of hydrogen-bond donors (Lipinski definition) is 2. The molecule has 2 rings (SSSR count). The monoisotopic (exact) mass is 258 g/mol. The molecule has 0 bridgehead atoms. The first-order valence-electron chi connectivity index (χ1n) is 6.64. The first-order chi connectivity index (χ1) is 9.20. The molecular formula is C15H22N4. The van der Waals surface area contributed by atoms with E-state index in [1.54, 1.807) is 0 Å². The second kappa shape index (κ2) is 6.61. The molecule has 4 nitrogen and oxygen atoms in total. The number of fused-ring (bicyclic) bond motifs is 1. The van der Waals surface area contributed by atoms with E-state index in [0.717, 1.165) is 24.9 Å². The van der Waals surface area contributed by atoms with E-state index in [4.69, 9.17) is 5.84 Å². The lowest BCUT2D eigenvalue weighted by Crippen LogP contribution is -2.38. The van der Waals surface area contributed by atoms with Crippen LogP contribution in [0, 0.1) is 0 Å². The number of para-hydroxylation sites is 1. The highest BCUT2D eigenvalue weighted by Gasteiger charge is 2.10. The second-order valence-corrected chi connectivity index (χ2v) is 5.15. The van der Waals surface area contributed by atoms with Crippen LogP contribution in [0.4, 0.5) is 0 Å². The lowest BCUT2D eigenvalue weighted by molar-refractivity contribution is 0.358. The maximum Gasteiger partial charge on any atom is 0.0704 e. The summed E-state index contributed by atoms with van der Waals surface area (Å²) >= 11 is 0. The zero-order chi connectivity index (χ0) is 13.7. The van der Waals surface area contributed by atoms with Crippen molar-refractivity contribution in [1.82, 2.24) is 15.3 Å². The summed E-state index contributed by atoms with van der Waals surface area (Å²) in [4.78, 5) is 6.56. The van der Waals surface area contributed by atoms with Gasteiger partial charge in [-0.1, -0.05) is 18.2 Å². The molecule has 0 radical (unpaired) electrons. The quantitative estimate of drug-likeness (QED) is 0.610. The van der Waals surface area contributed by atoms with Crippen molar-refractivity contribution in [3.8, 4) is 0 Å². The number of nitrogens with zero attached hydrogens (tertiary/aromatic N) is 2. The molecule has 0 saturated heterocycles. The van der Waals surface area contributed by atoms with Gasteiger partial charge in [0.25, 0.3) is 0 Å². The number of nitrogens with one attached hydrogen (secondary N) is 1. The van der Waals surface area contributed by atoms with Crippen LogP contribution in [0.1, 0.15) is 12.0 Å². The van der Waals surface area contributed by atoms with Crippen LogP contribution in [0.2, 0.25) is 0 Å². The van der Waals surface area contributed by atoms with E-state index in [1.807, 2.05) is 18.3 Å². The molecule has 1 aromatic carbocycles. The fraction of sp³-hybridized carbons (Fsp3) is 0.400. The summed E-state index contributed by atoms with van der Waals surface area (Å²) in [7, 11) is 4.16. The molecule has 102 valence electrons. The van der Waals surface area contributed by atoms with E-state index >= 15 is 0 Å². The molecule has 4 heteroatoms. The molecule has 1 atom stereocenters. The van der Waals surface area contributed by atoms with Crippen molar-refractivity contribution in [2.75, 3.05) is 20.6 Å². The number of hydrazine groups is 1. The van der Waals surface area contributed by atoms with Crippen LogP contribution in [-0.4, -0.2) is 36.6 Å². The Balaban J connectivity index is 2.15. The maximum atomic E-state index is 5.67. The molecule has 3 N–H and O–H groups in total. The highest BCUT2D eigenvalue weighted by molar-refractivity contribution is 5.81. The molecule has 19 heavy (non-hydrogen) atoms. The molecule has 0 saturated carbocycles. The Kier molecular flexibility index (Phi) is 4.85. The molecule has 0 aliphatic heterocycles. The van der Waals surface area contributed by atoms with Gasteiger partial charge in [-0.3, -0.25) is 16.3 Å². The normalized spacial score (nSPS) is 13.1. The zero-order valence-corrected chi connectivity index (χ0v) is 11.6. The third-order valence-corrected chi connectivity index (χ3v) is 3.37. The molecule has 1 aromatic heterocycles. The van der Waals surface area contributed by atoms with E-state index in [9.17, 15) is 0 Å². The van der Waals surface area contributed by atoms with Gasteiger partial charge in [-0.2, -0.15) is 0 Å². The molecule has 0 spiro atoms. The van der Waals surface area contributed by atoms with Crippen LogP contribution in [0.25, 0.3) is 10.9 Å². The molecular weight excluding hydrogens is 236 g/mol. The Morgan fingerprint density at radius 2 is 2.05 bits per heavy atom.